The molecule has 0 radical (unpaired) electrons. The average Bonchev–Trinajstić information content (AvgIpc) is 2.69. The van der Waals surface area contributed by atoms with E-state index in [4.69, 9.17) is 11.6 Å². The highest BCUT2D eigenvalue weighted by molar-refractivity contribution is 6.21. The molecule has 0 aliphatic carbocycles. The lowest BCUT2D eigenvalue weighted by Crippen LogP contribution is -2.33. The lowest BCUT2D eigenvalue weighted by Gasteiger charge is -2.19. The number of halogens is 1. The predicted molar refractivity (Wildman–Crippen MR) is 74.0 cm³/mol. The van der Waals surface area contributed by atoms with Crippen molar-refractivity contribution >= 4 is 17.5 Å². The molecule has 0 saturated carbocycles. The maximum Gasteiger partial charge on any atom is 0.254 e. The van der Waals surface area contributed by atoms with E-state index < -0.39 is 0 Å². The molecule has 1 atom stereocenters. The Balaban J connectivity index is 2.54. The van der Waals surface area contributed by atoms with E-state index in [-0.39, 0.29) is 11.3 Å². The van der Waals surface area contributed by atoms with Crippen molar-refractivity contribution in [3.8, 4) is 0 Å². The van der Waals surface area contributed by atoms with E-state index in [1.54, 1.807) is 10.9 Å². The average molecular weight is 272 g/mol. The van der Waals surface area contributed by atoms with Gasteiger partial charge in [-0.3, -0.25) is 9.48 Å². The molecule has 4 nitrogen and oxygen atoms in total. The van der Waals surface area contributed by atoms with Gasteiger partial charge in [0.2, 0.25) is 0 Å². The summed E-state index contributed by atoms with van der Waals surface area (Å²) in [6.07, 6.45) is 3.66. The predicted octanol–water partition coefficient (Wildman–Crippen LogP) is 2.50. The maximum atomic E-state index is 12.0. The number of amides is 1. The normalized spacial score (nSPS) is 12.8. The van der Waals surface area contributed by atoms with Crippen molar-refractivity contribution in [2.75, 3.05) is 6.54 Å². The molecule has 1 aromatic rings. The van der Waals surface area contributed by atoms with Crippen molar-refractivity contribution in [3.63, 3.8) is 0 Å². The zero-order valence-corrected chi connectivity index (χ0v) is 12.3. The summed E-state index contributed by atoms with van der Waals surface area (Å²) in [5, 5.41) is 6.92. The third-order valence-electron chi connectivity index (χ3n) is 3.50. The quantitative estimate of drug-likeness (QED) is 0.808. The summed E-state index contributed by atoms with van der Waals surface area (Å²) in [7, 11) is 1.82. The van der Waals surface area contributed by atoms with Gasteiger partial charge in [0.25, 0.3) is 5.91 Å². The molecule has 0 aliphatic rings. The molecule has 0 fully saturated rings. The van der Waals surface area contributed by atoms with Crippen LogP contribution in [0.2, 0.25) is 0 Å². The van der Waals surface area contributed by atoms with Crippen molar-refractivity contribution in [1.29, 1.82) is 0 Å². The van der Waals surface area contributed by atoms with Crippen LogP contribution >= 0.6 is 11.6 Å². The molecule has 1 unspecified atom stereocenters. The highest BCUT2D eigenvalue weighted by Gasteiger charge is 2.18. The van der Waals surface area contributed by atoms with E-state index >= 15 is 0 Å². The summed E-state index contributed by atoms with van der Waals surface area (Å²) >= 11 is 6.29. The number of aryl methyl sites for hydroxylation is 1. The largest absolute Gasteiger partial charge is 0.350 e. The van der Waals surface area contributed by atoms with E-state index in [9.17, 15) is 4.79 Å². The van der Waals surface area contributed by atoms with Crippen LogP contribution in [-0.2, 0) is 7.05 Å². The zero-order chi connectivity index (χ0) is 13.7. The van der Waals surface area contributed by atoms with E-state index in [2.05, 4.69) is 24.3 Å². The van der Waals surface area contributed by atoms with Gasteiger partial charge in [-0.25, -0.2) is 0 Å². The van der Waals surface area contributed by atoms with E-state index in [0.717, 1.165) is 18.5 Å². The Morgan fingerprint density at radius 2 is 2.11 bits per heavy atom. The van der Waals surface area contributed by atoms with Gasteiger partial charge in [0.05, 0.1) is 17.1 Å². The van der Waals surface area contributed by atoms with Gasteiger partial charge in [0.1, 0.15) is 0 Å². The van der Waals surface area contributed by atoms with Crippen LogP contribution in [0.1, 0.15) is 42.7 Å². The third kappa shape index (κ3) is 3.48. The smallest absolute Gasteiger partial charge is 0.254 e. The van der Waals surface area contributed by atoms with Crippen molar-refractivity contribution in [2.24, 2.45) is 13.0 Å². The molecule has 1 heterocycles. The molecule has 0 spiro atoms. The minimum atomic E-state index is -0.0998. The third-order valence-corrected chi connectivity index (χ3v) is 4.01. The summed E-state index contributed by atoms with van der Waals surface area (Å²) in [5.41, 5.74) is 1.48. The molecule has 1 rings (SSSR count). The standard InChI is InChI=1S/C13H22ClN3O/c1-5-10(6-2)12(14)8-15-13(18)11-7-16-17(4)9(11)3/h7,10,12H,5-6,8H2,1-4H3,(H,15,18). The van der Waals surface area contributed by atoms with Gasteiger partial charge >= 0.3 is 0 Å². The monoisotopic (exact) mass is 271 g/mol. The lowest BCUT2D eigenvalue weighted by molar-refractivity contribution is 0.0951. The van der Waals surface area contributed by atoms with Crippen LogP contribution in [0.3, 0.4) is 0 Å². The molecule has 0 aliphatic heterocycles. The molecule has 1 aromatic heterocycles. The van der Waals surface area contributed by atoms with E-state index in [1.807, 2.05) is 14.0 Å². The second-order valence-electron chi connectivity index (χ2n) is 4.57. The van der Waals surface area contributed by atoms with Gasteiger partial charge in [-0.05, 0) is 12.8 Å². The van der Waals surface area contributed by atoms with Crippen LogP contribution < -0.4 is 5.32 Å². The van der Waals surface area contributed by atoms with Crippen molar-refractivity contribution in [3.05, 3.63) is 17.5 Å². The fraction of sp³-hybridized carbons (Fsp3) is 0.692. The van der Waals surface area contributed by atoms with Crippen molar-refractivity contribution < 1.29 is 4.79 Å². The van der Waals surface area contributed by atoms with E-state index in [0.29, 0.717) is 18.0 Å². The summed E-state index contributed by atoms with van der Waals surface area (Å²) in [6.45, 7) is 6.62. The maximum absolute atomic E-state index is 12.0. The number of nitrogens with one attached hydrogen (secondary N) is 1. The number of nitrogens with zero attached hydrogens (tertiary/aromatic N) is 2. The van der Waals surface area contributed by atoms with E-state index in [1.165, 1.54) is 0 Å². The van der Waals surface area contributed by atoms with Gasteiger partial charge in [-0.15, -0.1) is 11.6 Å². The molecule has 0 bridgehead atoms. The number of carbonyl (C=O) groups is 1. The Hall–Kier alpha value is -1.03. The summed E-state index contributed by atoms with van der Waals surface area (Å²) in [4.78, 5) is 12.0. The highest BCUT2D eigenvalue weighted by Crippen LogP contribution is 2.17. The van der Waals surface area contributed by atoms with Gasteiger partial charge in [0.15, 0.2) is 0 Å². The van der Waals surface area contributed by atoms with Gasteiger partial charge in [0, 0.05) is 19.3 Å². The number of hydrogen-bond donors (Lipinski definition) is 1. The first-order chi connectivity index (χ1) is 8.51. The first-order valence-corrected chi connectivity index (χ1v) is 6.85. The molecule has 18 heavy (non-hydrogen) atoms. The summed E-state index contributed by atoms with van der Waals surface area (Å²) < 4.78 is 1.69. The number of hydrogen-bond acceptors (Lipinski definition) is 2. The van der Waals surface area contributed by atoms with Crippen LogP contribution in [-0.4, -0.2) is 27.6 Å². The zero-order valence-electron chi connectivity index (χ0n) is 11.5. The fourth-order valence-electron chi connectivity index (χ4n) is 1.97. The minimum Gasteiger partial charge on any atom is -0.350 e. The van der Waals surface area contributed by atoms with Crippen LogP contribution in [0.5, 0.6) is 0 Å². The van der Waals surface area contributed by atoms with Crippen LogP contribution in [0.4, 0.5) is 0 Å². The number of aromatic nitrogens is 2. The molecular weight excluding hydrogens is 250 g/mol. The molecule has 0 saturated heterocycles. The number of alkyl halides is 1. The Morgan fingerprint density at radius 1 is 1.50 bits per heavy atom. The molecule has 1 amide bonds. The summed E-state index contributed by atoms with van der Waals surface area (Å²) in [5.74, 6) is 0.346. The Kier molecular flexibility index (Phi) is 5.66. The first-order valence-electron chi connectivity index (χ1n) is 6.42. The Bertz CT molecular complexity index is 399. The molecule has 5 heteroatoms. The highest BCUT2D eigenvalue weighted by atomic mass is 35.5. The van der Waals surface area contributed by atoms with Crippen LogP contribution in [0, 0.1) is 12.8 Å². The SMILES string of the molecule is CCC(CC)C(Cl)CNC(=O)c1cnn(C)c1C. The van der Waals surface area contributed by atoms with Crippen molar-refractivity contribution in [1.82, 2.24) is 15.1 Å². The number of rotatable bonds is 6. The van der Waals surface area contributed by atoms with Gasteiger partial charge in [-0.2, -0.15) is 5.10 Å². The van der Waals surface area contributed by atoms with Crippen molar-refractivity contribution in [2.45, 2.75) is 39.0 Å². The topological polar surface area (TPSA) is 46.9 Å². The second-order valence-corrected chi connectivity index (χ2v) is 5.13. The summed E-state index contributed by atoms with van der Waals surface area (Å²) in [6, 6.07) is 0. The second kappa shape index (κ2) is 6.78. The van der Waals surface area contributed by atoms with Crippen LogP contribution in [0.15, 0.2) is 6.20 Å². The molecule has 1 N–H and O–H groups in total. The Morgan fingerprint density at radius 3 is 2.56 bits per heavy atom. The number of carbonyl (C=O) groups excluding carboxylic acids is 1. The van der Waals surface area contributed by atoms with Gasteiger partial charge in [-0.1, -0.05) is 26.7 Å². The molecule has 102 valence electrons. The Labute approximate surface area is 114 Å². The molecule has 0 aromatic carbocycles. The molecular formula is C13H22ClN3O. The first kappa shape index (κ1) is 15.0. The minimum absolute atomic E-state index is 0.0130. The lowest BCUT2D eigenvalue weighted by atomic mass is 9.99. The van der Waals surface area contributed by atoms with Crippen LogP contribution in [0.25, 0.3) is 0 Å². The van der Waals surface area contributed by atoms with Gasteiger partial charge < -0.3 is 5.32 Å². The fourth-order valence-corrected chi connectivity index (χ4v) is 2.41.